The van der Waals surface area contributed by atoms with Crippen LogP contribution < -0.4 is 10.5 Å². The van der Waals surface area contributed by atoms with Crippen molar-refractivity contribution in [2.24, 2.45) is 5.41 Å². The summed E-state index contributed by atoms with van der Waals surface area (Å²) in [6, 6.07) is 10.3. The summed E-state index contributed by atoms with van der Waals surface area (Å²) in [5, 5.41) is 18.5. The van der Waals surface area contributed by atoms with Crippen molar-refractivity contribution in [2.45, 2.75) is 20.8 Å². The van der Waals surface area contributed by atoms with Crippen LogP contribution in [0.15, 0.2) is 30.3 Å². The molecule has 2 rings (SSSR count). The average molecular weight is 356 g/mol. The number of carboxylic acids is 1. The fraction of sp³-hybridized carbons (Fsp3) is 0.211. The van der Waals surface area contributed by atoms with Crippen LogP contribution in [0.2, 0.25) is 0 Å². The highest BCUT2D eigenvalue weighted by Crippen LogP contribution is 2.40. The van der Waals surface area contributed by atoms with Crippen molar-refractivity contribution in [1.29, 1.82) is 5.26 Å². The van der Waals surface area contributed by atoms with Gasteiger partial charge in [0.2, 0.25) is 0 Å². The Bertz CT molecular complexity index is 931. The number of carbonyl (C=O) groups excluding carboxylic acids is 1. The van der Waals surface area contributed by atoms with Gasteiger partial charge in [-0.3, -0.25) is 9.59 Å². The first-order valence-electron chi connectivity index (χ1n) is 7.65. The maximum atomic E-state index is 15.1. The number of nitriles is 1. The first-order valence-corrected chi connectivity index (χ1v) is 7.65. The average Bonchev–Trinajstić information content (AvgIpc) is 2.59. The van der Waals surface area contributed by atoms with E-state index in [2.05, 4.69) is 0 Å². The monoisotopic (exact) mass is 356 g/mol. The minimum absolute atomic E-state index is 0.0406. The maximum absolute atomic E-state index is 15.1. The third-order valence-corrected chi connectivity index (χ3v) is 4.10. The van der Waals surface area contributed by atoms with Crippen molar-refractivity contribution >= 4 is 17.6 Å². The minimum atomic E-state index is -1.91. The molecule has 7 heteroatoms. The van der Waals surface area contributed by atoms with Gasteiger partial charge in [0.05, 0.1) is 11.3 Å². The molecule has 0 bridgehead atoms. The van der Waals surface area contributed by atoms with E-state index in [9.17, 15) is 14.9 Å². The first kappa shape index (κ1) is 18.9. The molecule has 3 N–H and O–H groups in total. The highest BCUT2D eigenvalue weighted by atomic mass is 19.1. The zero-order valence-corrected chi connectivity index (χ0v) is 14.5. The molecule has 0 spiro atoms. The normalized spacial score (nSPS) is 10.9. The van der Waals surface area contributed by atoms with Gasteiger partial charge in [0.1, 0.15) is 6.07 Å². The predicted molar refractivity (Wildman–Crippen MR) is 92.8 cm³/mol. The van der Waals surface area contributed by atoms with E-state index in [1.165, 1.54) is 6.92 Å². The Hall–Kier alpha value is -3.40. The summed E-state index contributed by atoms with van der Waals surface area (Å²) in [5.74, 6) is -4.20. The van der Waals surface area contributed by atoms with Gasteiger partial charge < -0.3 is 15.6 Å². The molecule has 0 fully saturated rings. The molecule has 0 saturated carbocycles. The van der Waals surface area contributed by atoms with Crippen LogP contribution in [0.5, 0.6) is 5.75 Å². The standard InChI is InChI=1S/C19H17FN2O4/c1-10-12(9-21)15(22)16(26-18(25)19(2,3)17(23)24)14(20)13(10)11-7-5-4-6-8-11/h4-8H,22H2,1-3H3,(H,23,24). The van der Waals surface area contributed by atoms with Gasteiger partial charge in [-0.1, -0.05) is 30.3 Å². The zero-order chi connectivity index (χ0) is 19.6. The van der Waals surface area contributed by atoms with Crippen molar-refractivity contribution in [2.75, 3.05) is 5.73 Å². The third-order valence-electron chi connectivity index (χ3n) is 4.10. The number of carboxylic acid groups (broad SMARTS) is 1. The van der Waals surface area contributed by atoms with Gasteiger partial charge in [0.25, 0.3) is 0 Å². The molecule has 0 atom stereocenters. The van der Waals surface area contributed by atoms with Gasteiger partial charge in [0.15, 0.2) is 17.0 Å². The van der Waals surface area contributed by atoms with E-state index in [4.69, 9.17) is 15.6 Å². The molecule has 0 heterocycles. The van der Waals surface area contributed by atoms with E-state index in [1.807, 2.05) is 6.07 Å². The number of halogens is 1. The molecule has 26 heavy (non-hydrogen) atoms. The summed E-state index contributed by atoms with van der Waals surface area (Å²) in [6.07, 6.45) is 0. The first-order chi connectivity index (χ1) is 12.1. The third kappa shape index (κ3) is 3.09. The number of rotatable bonds is 4. The number of aliphatic carboxylic acids is 1. The van der Waals surface area contributed by atoms with Crippen molar-refractivity contribution < 1.29 is 23.8 Å². The number of carbonyl (C=O) groups is 2. The zero-order valence-electron chi connectivity index (χ0n) is 14.5. The van der Waals surface area contributed by atoms with Crippen molar-refractivity contribution in [3.05, 3.63) is 47.3 Å². The van der Waals surface area contributed by atoms with Gasteiger partial charge in [-0.25, -0.2) is 4.39 Å². The van der Waals surface area contributed by atoms with Crippen LogP contribution >= 0.6 is 0 Å². The Morgan fingerprint density at radius 2 is 1.85 bits per heavy atom. The topological polar surface area (TPSA) is 113 Å². The fourth-order valence-electron chi connectivity index (χ4n) is 2.34. The number of nitrogens with two attached hydrogens (primary N) is 1. The molecular weight excluding hydrogens is 339 g/mol. The largest absolute Gasteiger partial charge is 0.480 e. The van der Waals surface area contributed by atoms with Gasteiger partial charge in [-0.2, -0.15) is 5.26 Å². The Morgan fingerprint density at radius 1 is 1.27 bits per heavy atom. The summed E-state index contributed by atoms with van der Waals surface area (Å²) in [7, 11) is 0. The molecule has 0 amide bonds. The highest BCUT2D eigenvalue weighted by Gasteiger charge is 2.39. The summed E-state index contributed by atoms with van der Waals surface area (Å²) < 4.78 is 20.1. The van der Waals surface area contributed by atoms with Gasteiger partial charge in [-0.15, -0.1) is 0 Å². The number of ether oxygens (including phenoxy) is 1. The lowest BCUT2D eigenvalue weighted by molar-refractivity contribution is -0.160. The molecule has 2 aromatic rings. The molecule has 134 valence electrons. The minimum Gasteiger partial charge on any atom is -0.480 e. The molecule has 0 unspecified atom stereocenters. The van der Waals surface area contributed by atoms with Crippen LogP contribution in [-0.4, -0.2) is 17.0 Å². The lowest BCUT2D eigenvalue weighted by Crippen LogP contribution is -2.37. The summed E-state index contributed by atoms with van der Waals surface area (Å²) in [4.78, 5) is 23.4. The molecule has 0 aromatic heterocycles. The molecule has 0 aliphatic rings. The maximum Gasteiger partial charge on any atom is 0.328 e. The second kappa shape index (κ2) is 6.84. The van der Waals surface area contributed by atoms with Crippen LogP contribution in [-0.2, 0) is 9.59 Å². The number of anilines is 1. The lowest BCUT2D eigenvalue weighted by atomic mass is 9.93. The Kier molecular flexibility index (Phi) is 4.98. The summed E-state index contributed by atoms with van der Waals surface area (Å²) in [6.45, 7) is 3.79. The molecule has 0 aliphatic heterocycles. The fourth-order valence-corrected chi connectivity index (χ4v) is 2.34. The Labute approximate surface area is 149 Å². The number of benzene rings is 2. The quantitative estimate of drug-likeness (QED) is 0.376. The van der Waals surface area contributed by atoms with E-state index in [1.54, 1.807) is 30.3 Å². The number of esters is 1. The molecule has 0 saturated heterocycles. The van der Waals surface area contributed by atoms with Crippen molar-refractivity contribution in [3.63, 3.8) is 0 Å². The molecule has 0 radical (unpaired) electrons. The van der Waals surface area contributed by atoms with E-state index in [-0.39, 0.29) is 16.8 Å². The van der Waals surface area contributed by atoms with E-state index >= 15 is 4.39 Å². The van der Waals surface area contributed by atoms with Crippen molar-refractivity contribution in [3.8, 4) is 22.9 Å². The number of nitrogens with zero attached hydrogens (tertiary/aromatic N) is 1. The van der Waals surface area contributed by atoms with Crippen LogP contribution in [0.1, 0.15) is 25.0 Å². The van der Waals surface area contributed by atoms with E-state index in [0.29, 0.717) is 11.1 Å². The van der Waals surface area contributed by atoms with E-state index < -0.39 is 28.9 Å². The Balaban J connectivity index is 2.70. The summed E-state index contributed by atoms with van der Waals surface area (Å²) >= 11 is 0. The van der Waals surface area contributed by atoms with Gasteiger partial charge >= 0.3 is 11.9 Å². The number of hydrogen-bond donors (Lipinski definition) is 2. The number of hydrogen-bond acceptors (Lipinski definition) is 5. The van der Waals surface area contributed by atoms with Crippen LogP contribution in [0.4, 0.5) is 10.1 Å². The predicted octanol–water partition coefficient (Wildman–Crippen LogP) is 3.27. The van der Waals surface area contributed by atoms with E-state index in [0.717, 1.165) is 13.8 Å². The lowest BCUT2D eigenvalue weighted by Gasteiger charge is -2.20. The molecular formula is C19H17FN2O4. The van der Waals surface area contributed by atoms with Gasteiger partial charge in [-0.05, 0) is 31.9 Å². The van der Waals surface area contributed by atoms with Crippen molar-refractivity contribution in [1.82, 2.24) is 0 Å². The van der Waals surface area contributed by atoms with Crippen LogP contribution in [0, 0.1) is 29.5 Å². The highest BCUT2D eigenvalue weighted by molar-refractivity contribution is 5.99. The van der Waals surface area contributed by atoms with Gasteiger partial charge in [0, 0.05) is 5.56 Å². The van der Waals surface area contributed by atoms with Crippen LogP contribution in [0.3, 0.4) is 0 Å². The number of nitrogen functional groups attached to an aromatic ring is 1. The molecule has 2 aromatic carbocycles. The Morgan fingerprint density at radius 3 is 2.35 bits per heavy atom. The van der Waals surface area contributed by atoms with Crippen LogP contribution in [0.25, 0.3) is 11.1 Å². The molecule has 6 nitrogen and oxygen atoms in total. The molecule has 0 aliphatic carbocycles. The second-order valence-electron chi connectivity index (χ2n) is 6.23. The second-order valence-corrected chi connectivity index (χ2v) is 6.23. The smallest absolute Gasteiger partial charge is 0.328 e. The SMILES string of the molecule is Cc1c(C#N)c(N)c(OC(=O)C(C)(C)C(=O)O)c(F)c1-c1ccccc1. The summed E-state index contributed by atoms with van der Waals surface area (Å²) in [5.41, 5.74) is 4.34.